The highest BCUT2D eigenvalue weighted by Gasteiger charge is 2.24. The summed E-state index contributed by atoms with van der Waals surface area (Å²) >= 11 is 7.01. The van der Waals surface area contributed by atoms with Crippen molar-refractivity contribution >= 4 is 52.2 Å². The largest absolute Gasteiger partial charge is 0.496 e. The zero-order valence-electron chi connectivity index (χ0n) is 13.5. The average Bonchev–Trinajstić information content (AvgIpc) is 2.96. The van der Waals surface area contributed by atoms with Crippen LogP contribution in [0.3, 0.4) is 0 Å². The van der Waals surface area contributed by atoms with Gasteiger partial charge in [-0.1, -0.05) is 17.7 Å². The lowest BCUT2D eigenvalue weighted by Crippen LogP contribution is -2.19. The first kappa shape index (κ1) is 18.0. The molecule has 1 heterocycles. The number of amidine groups is 1. The van der Waals surface area contributed by atoms with Gasteiger partial charge in [0.05, 0.1) is 17.7 Å². The van der Waals surface area contributed by atoms with Crippen molar-refractivity contribution in [2.45, 2.75) is 0 Å². The van der Waals surface area contributed by atoms with Gasteiger partial charge in [-0.05, 0) is 59.8 Å². The molecular weight excluding hydrogens is 376 g/mol. The van der Waals surface area contributed by atoms with Crippen LogP contribution in [0.5, 0.6) is 5.75 Å². The van der Waals surface area contributed by atoms with Gasteiger partial charge in [0.2, 0.25) is 0 Å². The third-order valence-corrected chi connectivity index (χ3v) is 4.62. The first-order chi connectivity index (χ1) is 12.5. The average molecular weight is 389 g/mol. The topological polar surface area (TPSA) is 88.0 Å². The van der Waals surface area contributed by atoms with Crippen LogP contribution in [-0.2, 0) is 4.79 Å². The van der Waals surface area contributed by atoms with Gasteiger partial charge in [-0.25, -0.2) is 9.79 Å². The summed E-state index contributed by atoms with van der Waals surface area (Å²) in [7, 11) is 1.40. The van der Waals surface area contributed by atoms with Crippen molar-refractivity contribution < 1.29 is 19.4 Å². The summed E-state index contributed by atoms with van der Waals surface area (Å²) in [5.74, 6) is -1.14. The van der Waals surface area contributed by atoms with Crippen LogP contribution in [0.25, 0.3) is 6.08 Å². The molecule has 1 aliphatic rings. The minimum absolute atomic E-state index is 0.0281. The van der Waals surface area contributed by atoms with Gasteiger partial charge >= 0.3 is 5.97 Å². The van der Waals surface area contributed by atoms with Gasteiger partial charge in [0.1, 0.15) is 11.3 Å². The molecule has 0 saturated carbocycles. The van der Waals surface area contributed by atoms with Crippen LogP contribution >= 0.6 is 23.4 Å². The molecule has 2 aromatic rings. The summed E-state index contributed by atoms with van der Waals surface area (Å²) in [4.78, 5) is 28.2. The second kappa shape index (κ2) is 7.63. The molecule has 6 nitrogen and oxygen atoms in total. The SMILES string of the molecule is COc1ccc(/C=C2\SC(=Nc3ccc(Cl)cc3)NC2=O)cc1C(=O)O. The Labute approximate surface area is 158 Å². The summed E-state index contributed by atoms with van der Waals surface area (Å²) in [5.41, 5.74) is 1.27. The maximum atomic E-state index is 12.1. The van der Waals surface area contributed by atoms with Crippen LogP contribution in [0.15, 0.2) is 52.4 Å². The van der Waals surface area contributed by atoms with E-state index in [2.05, 4.69) is 10.3 Å². The van der Waals surface area contributed by atoms with E-state index in [-0.39, 0.29) is 17.2 Å². The summed E-state index contributed by atoms with van der Waals surface area (Å²) < 4.78 is 5.03. The van der Waals surface area contributed by atoms with Crippen molar-refractivity contribution in [3.05, 3.63) is 63.5 Å². The molecule has 8 heteroatoms. The van der Waals surface area contributed by atoms with E-state index in [1.54, 1.807) is 42.5 Å². The number of rotatable bonds is 4. The van der Waals surface area contributed by atoms with Gasteiger partial charge in [-0.15, -0.1) is 0 Å². The number of nitrogens with one attached hydrogen (secondary N) is 1. The quantitative estimate of drug-likeness (QED) is 0.774. The second-order valence-electron chi connectivity index (χ2n) is 5.22. The Kier molecular flexibility index (Phi) is 5.29. The molecule has 0 atom stereocenters. The monoisotopic (exact) mass is 388 g/mol. The Bertz CT molecular complexity index is 939. The standard InChI is InChI=1S/C18H13ClN2O4S/c1-25-14-7-2-10(8-13(14)17(23)24)9-15-16(22)21-18(26-15)20-12-5-3-11(19)4-6-12/h2-9H,1H3,(H,23,24)(H,20,21,22)/b15-9-. The lowest BCUT2D eigenvalue weighted by atomic mass is 10.1. The number of carbonyl (C=O) groups excluding carboxylic acids is 1. The third kappa shape index (κ3) is 4.07. The van der Waals surface area contributed by atoms with E-state index >= 15 is 0 Å². The van der Waals surface area contributed by atoms with Crippen LogP contribution in [0.2, 0.25) is 5.02 Å². The van der Waals surface area contributed by atoms with Crippen molar-refractivity contribution in [2.24, 2.45) is 4.99 Å². The van der Waals surface area contributed by atoms with Crippen molar-refractivity contribution in [3.8, 4) is 5.75 Å². The highest BCUT2D eigenvalue weighted by molar-refractivity contribution is 8.18. The molecule has 132 valence electrons. The van der Waals surface area contributed by atoms with Crippen molar-refractivity contribution in [3.63, 3.8) is 0 Å². The Morgan fingerprint density at radius 1 is 1.27 bits per heavy atom. The van der Waals surface area contributed by atoms with Gasteiger partial charge in [-0.3, -0.25) is 4.79 Å². The zero-order chi connectivity index (χ0) is 18.7. The molecule has 3 rings (SSSR count). The summed E-state index contributed by atoms with van der Waals surface area (Å²) in [6.45, 7) is 0. The molecule has 1 saturated heterocycles. The first-order valence-electron chi connectivity index (χ1n) is 7.43. The van der Waals surface area contributed by atoms with Crippen molar-refractivity contribution in [1.82, 2.24) is 5.32 Å². The van der Waals surface area contributed by atoms with E-state index in [4.69, 9.17) is 16.3 Å². The fraction of sp³-hybridized carbons (Fsp3) is 0.0556. The van der Waals surface area contributed by atoms with Gasteiger partial charge in [0.15, 0.2) is 5.17 Å². The highest BCUT2D eigenvalue weighted by Crippen LogP contribution is 2.29. The lowest BCUT2D eigenvalue weighted by Gasteiger charge is -2.05. The van der Waals surface area contributed by atoms with Gasteiger partial charge in [0.25, 0.3) is 5.91 Å². The van der Waals surface area contributed by atoms with Gasteiger partial charge in [0, 0.05) is 5.02 Å². The number of benzene rings is 2. The summed E-state index contributed by atoms with van der Waals surface area (Å²) in [6, 6.07) is 11.6. The molecule has 2 N–H and O–H groups in total. The number of methoxy groups -OCH3 is 1. The van der Waals surface area contributed by atoms with Crippen LogP contribution in [0, 0.1) is 0 Å². The van der Waals surface area contributed by atoms with E-state index < -0.39 is 5.97 Å². The van der Waals surface area contributed by atoms with Crippen LogP contribution in [0.1, 0.15) is 15.9 Å². The lowest BCUT2D eigenvalue weighted by molar-refractivity contribution is -0.115. The molecular formula is C18H13ClN2O4S. The molecule has 1 amide bonds. The number of nitrogens with zero attached hydrogens (tertiary/aromatic N) is 1. The number of aliphatic imine (C=N–C) groups is 1. The van der Waals surface area contributed by atoms with Crippen LogP contribution in [0.4, 0.5) is 5.69 Å². The number of hydrogen-bond donors (Lipinski definition) is 2. The molecule has 0 bridgehead atoms. The van der Waals surface area contributed by atoms with E-state index in [0.717, 1.165) is 0 Å². The van der Waals surface area contributed by atoms with Crippen LogP contribution in [-0.4, -0.2) is 29.3 Å². The van der Waals surface area contributed by atoms with Gasteiger partial charge in [-0.2, -0.15) is 0 Å². The van der Waals surface area contributed by atoms with Gasteiger partial charge < -0.3 is 15.2 Å². The molecule has 0 spiro atoms. The number of carboxylic acids is 1. The second-order valence-corrected chi connectivity index (χ2v) is 6.69. The predicted octanol–water partition coefficient (Wildman–Crippen LogP) is 3.94. The molecule has 26 heavy (non-hydrogen) atoms. The number of ether oxygens (including phenoxy) is 1. The Morgan fingerprint density at radius 2 is 2.00 bits per heavy atom. The molecule has 1 aliphatic heterocycles. The Hall–Kier alpha value is -2.77. The number of hydrogen-bond acceptors (Lipinski definition) is 5. The fourth-order valence-electron chi connectivity index (χ4n) is 2.25. The number of halogens is 1. The molecule has 0 radical (unpaired) electrons. The number of aromatic carboxylic acids is 1. The zero-order valence-corrected chi connectivity index (χ0v) is 15.1. The van der Waals surface area contributed by atoms with Crippen LogP contribution < -0.4 is 10.1 Å². The van der Waals surface area contributed by atoms with E-state index in [9.17, 15) is 14.7 Å². The number of carbonyl (C=O) groups is 2. The normalized spacial score (nSPS) is 16.8. The molecule has 0 unspecified atom stereocenters. The maximum absolute atomic E-state index is 12.1. The number of thioether (sulfide) groups is 1. The molecule has 1 fully saturated rings. The maximum Gasteiger partial charge on any atom is 0.339 e. The van der Waals surface area contributed by atoms with E-state index in [0.29, 0.717) is 26.3 Å². The third-order valence-electron chi connectivity index (χ3n) is 3.46. The first-order valence-corrected chi connectivity index (χ1v) is 8.62. The predicted molar refractivity (Wildman–Crippen MR) is 102 cm³/mol. The molecule has 0 aliphatic carbocycles. The number of amides is 1. The molecule has 2 aromatic carbocycles. The molecule has 0 aromatic heterocycles. The van der Waals surface area contributed by atoms with E-state index in [1.807, 2.05) is 0 Å². The van der Waals surface area contributed by atoms with E-state index in [1.165, 1.54) is 24.9 Å². The van der Waals surface area contributed by atoms with Crippen molar-refractivity contribution in [2.75, 3.05) is 7.11 Å². The highest BCUT2D eigenvalue weighted by atomic mass is 35.5. The Morgan fingerprint density at radius 3 is 2.65 bits per heavy atom. The summed E-state index contributed by atoms with van der Waals surface area (Å²) in [5, 5.41) is 13.0. The summed E-state index contributed by atoms with van der Waals surface area (Å²) in [6.07, 6.45) is 1.61. The fourth-order valence-corrected chi connectivity index (χ4v) is 3.22. The minimum atomic E-state index is -1.10. The van der Waals surface area contributed by atoms with Crippen molar-refractivity contribution in [1.29, 1.82) is 0 Å². The minimum Gasteiger partial charge on any atom is -0.496 e. The Balaban J connectivity index is 1.86. The smallest absolute Gasteiger partial charge is 0.339 e. The number of carboxylic acid groups (broad SMARTS) is 1.